The van der Waals surface area contributed by atoms with Crippen molar-refractivity contribution in [3.8, 4) is 0 Å². The largest absolute Gasteiger partial charge is 0.359 e. The molecular formula is C13H14N2O. The SMILES string of the molecule is Cc1cc2cc(C(=O)NC3CC3)ccc2[nH]1. The Morgan fingerprint density at radius 2 is 2.19 bits per heavy atom. The average molecular weight is 214 g/mol. The molecule has 1 aromatic carbocycles. The minimum absolute atomic E-state index is 0.0447. The van der Waals surface area contributed by atoms with Gasteiger partial charge in [-0.05, 0) is 44.0 Å². The van der Waals surface area contributed by atoms with Crippen LogP contribution < -0.4 is 5.32 Å². The molecule has 1 saturated carbocycles. The standard InChI is InChI=1S/C13H14N2O/c1-8-6-10-7-9(2-5-12(10)14-8)13(16)15-11-3-4-11/h2,5-7,11,14H,3-4H2,1H3,(H,15,16). The van der Waals surface area contributed by atoms with Crippen LogP contribution in [-0.4, -0.2) is 16.9 Å². The Kier molecular flexibility index (Phi) is 1.99. The van der Waals surface area contributed by atoms with Gasteiger partial charge in [-0.3, -0.25) is 4.79 Å². The first-order valence-electron chi connectivity index (χ1n) is 5.62. The summed E-state index contributed by atoms with van der Waals surface area (Å²) in [6, 6.07) is 8.25. The van der Waals surface area contributed by atoms with Crippen LogP contribution in [0.25, 0.3) is 10.9 Å². The van der Waals surface area contributed by atoms with Crippen molar-refractivity contribution in [1.82, 2.24) is 10.3 Å². The molecule has 0 saturated heterocycles. The highest BCUT2D eigenvalue weighted by atomic mass is 16.1. The fraction of sp³-hybridized carbons (Fsp3) is 0.308. The van der Waals surface area contributed by atoms with E-state index in [2.05, 4.69) is 16.4 Å². The van der Waals surface area contributed by atoms with E-state index < -0.39 is 0 Å². The van der Waals surface area contributed by atoms with Crippen LogP contribution in [0.5, 0.6) is 0 Å². The second kappa shape index (κ2) is 3.37. The normalized spacial score (nSPS) is 15.3. The number of hydrogen-bond donors (Lipinski definition) is 2. The summed E-state index contributed by atoms with van der Waals surface area (Å²) in [6.07, 6.45) is 2.24. The molecule has 0 atom stereocenters. The molecule has 2 N–H and O–H groups in total. The Morgan fingerprint density at radius 1 is 1.38 bits per heavy atom. The van der Waals surface area contributed by atoms with Crippen molar-refractivity contribution in [3.05, 3.63) is 35.5 Å². The second-order valence-corrected chi connectivity index (χ2v) is 4.50. The van der Waals surface area contributed by atoms with Crippen LogP contribution in [0.15, 0.2) is 24.3 Å². The first kappa shape index (κ1) is 9.46. The molecule has 0 spiro atoms. The van der Waals surface area contributed by atoms with Gasteiger partial charge in [0.2, 0.25) is 0 Å². The van der Waals surface area contributed by atoms with Gasteiger partial charge in [-0.15, -0.1) is 0 Å². The number of H-pyrrole nitrogens is 1. The highest BCUT2D eigenvalue weighted by molar-refractivity contribution is 5.98. The van der Waals surface area contributed by atoms with Crippen LogP contribution in [-0.2, 0) is 0 Å². The summed E-state index contributed by atoms with van der Waals surface area (Å²) >= 11 is 0. The zero-order valence-electron chi connectivity index (χ0n) is 9.21. The number of fused-ring (bicyclic) bond motifs is 1. The van der Waals surface area contributed by atoms with Crippen molar-refractivity contribution in [2.24, 2.45) is 0 Å². The molecule has 0 bridgehead atoms. The minimum Gasteiger partial charge on any atom is -0.359 e. The topological polar surface area (TPSA) is 44.9 Å². The van der Waals surface area contributed by atoms with Gasteiger partial charge in [-0.1, -0.05) is 0 Å². The third-order valence-electron chi connectivity index (χ3n) is 2.93. The molecule has 0 aliphatic heterocycles. The monoisotopic (exact) mass is 214 g/mol. The van der Waals surface area contributed by atoms with Gasteiger partial charge in [0.1, 0.15) is 0 Å². The van der Waals surface area contributed by atoms with Crippen molar-refractivity contribution < 1.29 is 4.79 Å². The Labute approximate surface area is 93.9 Å². The van der Waals surface area contributed by atoms with E-state index in [0.717, 1.165) is 35.0 Å². The van der Waals surface area contributed by atoms with Gasteiger partial charge in [0.15, 0.2) is 0 Å². The molecule has 1 aliphatic rings. The Hall–Kier alpha value is -1.77. The fourth-order valence-electron chi connectivity index (χ4n) is 1.92. The molecule has 82 valence electrons. The average Bonchev–Trinajstić information content (AvgIpc) is 2.96. The molecule has 3 nitrogen and oxygen atoms in total. The molecule has 2 aromatic rings. The van der Waals surface area contributed by atoms with Gasteiger partial charge in [0, 0.05) is 28.2 Å². The molecule has 1 aromatic heterocycles. The van der Waals surface area contributed by atoms with Crippen molar-refractivity contribution >= 4 is 16.8 Å². The van der Waals surface area contributed by atoms with Crippen LogP contribution in [0.3, 0.4) is 0 Å². The predicted octanol–water partition coefficient (Wildman–Crippen LogP) is 2.37. The van der Waals surface area contributed by atoms with Crippen molar-refractivity contribution in [2.75, 3.05) is 0 Å². The van der Waals surface area contributed by atoms with Gasteiger partial charge >= 0.3 is 0 Å². The highest BCUT2D eigenvalue weighted by Gasteiger charge is 2.23. The van der Waals surface area contributed by atoms with Crippen molar-refractivity contribution in [3.63, 3.8) is 0 Å². The molecular weight excluding hydrogens is 200 g/mol. The fourth-order valence-corrected chi connectivity index (χ4v) is 1.92. The Morgan fingerprint density at radius 3 is 2.94 bits per heavy atom. The van der Waals surface area contributed by atoms with E-state index in [1.54, 1.807) is 0 Å². The summed E-state index contributed by atoms with van der Waals surface area (Å²) in [5, 5.41) is 4.09. The number of carbonyl (C=O) groups excluding carboxylic acids is 1. The van der Waals surface area contributed by atoms with Crippen LogP contribution in [0.1, 0.15) is 28.9 Å². The van der Waals surface area contributed by atoms with Crippen LogP contribution in [0, 0.1) is 6.92 Å². The van der Waals surface area contributed by atoms with E-state index >= 15 is 0 Å². The zero-order chi connectivity index (χ0) is 11.1. The lowest BCUT2D eigenvalue weighted by atomic mass is 10.1. The van der Waals surface area contributed by atoms with Crippen LogP contribution >= 0.6 is 0 Å². The van der Waals surface area contributed by atoms with E-state index in [1.165, 1.54) is 0 Å². The number of carbonyl (C=O) groups is 1. The lowest BCUT2D eigenvalue weighted by Gasteiger charge is -2.02. The summed E-state index contributed by atoms with van der Waals surface area (Å²) in [6.45, 7) is 2.02. The third kappa shape index (κ3) is 1.69. The molecule has 0 unspecified atom stereocenters. The summed E-state index contributed by atoms with van der Waals surface area (Å²) in [7, 11) is 0. The lowest BCUT2D eigenvalue weighted by molar-refractivity contribution is 0.0951. The minimum atomic E-state index is 0.0447. The molecule has 16 heavy (non-hydrogen) atoms. The van der Waals surface area contributed by atoms with Gasteiger partial charge in [-0.2, -0.15) is 0 Å². The third-order valence-corrected chi connectivity index (χ3v) is 2.93. The van der Waals surface area contributed by atoms with Crippen molar-refractivity contribution in [2.45, 2.75) is 25.8 Å². The van der Waals surface area contributed by atoms with E-state index in [4.69, 9.17) is 0 Å². The van der Waals surface area contributed by atoms with E-state index in [-0.39, 0.29) is 5.91 Å². The molecule has 1 amide bonds. The number of benzene rings is 1. The van der Waals surface area contributed by atoms with Gasteiger partial charge in [0.05, 0.1) is 0 Å². The first-order valence-corrected chi connectivity index (χ1v) is 5.62. The van der Waals surface area contributed by atoms with Gasteiger partial charge < -0.3 is 10.3 Å². The molecule has 1 aliphatic carbocycles. The Bertz CT molecular complexity index is 552. The number of aromatic nitrogens is 1. The molecule has 1 fully saturated rings. The van der Waals surface area contributed by atoms with E-state index in [1.807, 2.05) is 25.1 Å². The molecule has 0 radical (unpaired) electrons. The smallest absolute Gasteiger partial charge is 0.251 e. The van der Waals surface area contributed by atoms with E-state index in [0.29, 0.717) is 6.04 Å². The summed E-state index contributed by atoms with van der Waals surface area (Å²) < 4.78 is 0. The van der Waals surface area contributed by atoms with Crippen LogP contribution in [0.4, 0.5) is 0 Å². The van der Waals surface area contributed by atoms with Crippen LogP contribution in [0.2, 0.25) is 0 Å². The van der Waals surface area contributed by atoms with E-state index in [9.17, 15) is 4.79 Å². The quantitative estimate of drug-likeness (QED) is 0.792. The number of aryl methyl sites for hydroxylation is 1. The molecule has 3 rings (SSSR count). The van der Waals surface area contributed by atoms with Gasteiger partial charge in [0.25, 0.3) is 5.91 Å². The summed E-state index contributed by atoms with van der Waals surface area (Å²) in [4.78, 5) is 15.1. The summed E-state index contributed by atoms with van der Waals surface area (Å²) in [5.41, 5.74) is 2.95. The van der Waals surface area contributed by atoms with Crippen molar-refractivity contribution in [1.29, 1.82) is 0 Å². The van der Waals surface area contributed by atoms with Gasteiger partial charge in [-0.25, -0.2) is 0 Å². The lowest BCUT2D eigenvalue weighted by Crippen LogP contribution is -2.25. The maximum atomic E-state index is 11.8. The summed E-state index contributed by atoms with van der Waals surface area (Å²) in [5.74, 6) is 0.0447. The number of amides is 1. The maximum absolute atomic E-state index is 11.8. The number of hydrogen-bond acceptors (Lipinski definition) is 1. The molecule has 3 heteroatoms. The molecule has 1 heterocycles. The zero-order valence-corrected chi connectivity index (χ0v) is 9.21. The number of nitrogens with one attached hydrogen (secondary N) is 2. The highest BCUT2D eigenvalue weighted by Crippen LogP contribution is 2.21. The first-order chi connectivity index (χ1) is 7.72. The predicted molar refractivity (Wildman–Crippen MR) is 63.5 cm³/mol. The maximum Gasteiger partial charge on any atom is 0.251 e. The number of rotatable bonds is 2. The number of aromatic amines is 1. The Balaban J connectivity index is 1.93. The second-order valence-electron chi connectivity index (χ2n) is 4.50.